The predicted octanol–water partition coefficient (Wildman–Crippen LogP) is 3.69. The zero-order chi connectivity index (χ0) is 17.5. The number of azide groups is 1. The molecule has 0 aromatic heterocycles. The summed E-state index contributed by atoms with van der Waals surface area (Å²) in [5, 5.41) is 3.61. The van der Waals surface area contributed by atoms with Crippen molar-refractivity contribution in [3.05, 3.63) is 46.3 Å². The Morgan fingerprint density at radius 3 is 2.79 bits per heavy atom. The summed E-state index contributed by atoms with van der Waals surface area (Å²) in [6.07, 6.45) is 1.14. The van der Waals surface area contributed by atoms with Gasteiger partial charge in [-0.1, -0.05) is 55.7 Å². The molecule has 1 heterocycles. The Balaban J connectivity index is 2.16. The van der Waals surface area contributed by atoms with Crippen LogP contribution in [0.4, 0.5) is 4.79 Å². The van der Waals surface area contributed by atoms with E-state index in [9.17, 15) is 9.59 Å². The number of benzene rings is 1. The fourth-order valence-corrected chi connectivity index (χ4v) is 2.73. The Morgan fingerprint density at radius 1 is 1.46 bits per heavy atom. The van der Waals surface area contributed by atoms with E-state index in [0.29, 0.717) is 12.8 Å². The molecule has 1 aromatic carbocycles. The molecule has 0 radical (unpaired) electrons. The lowest BCUT2D eigenvalue weighted by molar-refractivity contribution is -0.130. The van der Waals surface area contributed by atoms with Crippen molar-refractivity contribution in [2.75, 3.05) is 6.61 Å². The quantitative estimate of drug-likeness (QED) is 0.433. The standard InChI is InChI=1S/C17H22N4O3/c1-3-12(2)9-15(19-20-18)16(22)21-14(11-24-17(21)23)10-13-7-5-4-6-8-13/h4-8,12,14-15H,3,9-11H2,1-2H3/t12-,14+,15?/m1/s1. The van der Waals surface area contributed by atoms with Gasteiger partial charge in [0.05, 0.1) is 6.04 Å². The summed E-state index contributed by atoms with van der Waals surface area (Å²) in [5.41, 5.74) is 9.77. The highest BCUT2D eigenvalue weighted by atomic mass is 16.6. The zero-order valence-electron chi connectivity index (χ0n) is 14.0. The molecular formula is C17H22N4O3. The van der Waals surface area contributed by atoms with Crippen LogP contribution in [0.2, 0.25) is 0 Å². The summed E-state index contributed by atoms with van der Waals surface area (Å²) >= 11 is 0. The SMILES string of the molecule is CC[C@@H](C)CC(N=[N+]=[N-])C(=O)N1C(=O)OC[C@@H]1Cc1ccccc1. The summed E-state index contributed by atoms with van der Waals surface area (Å²) in [4.78, 5) is 28.7. The minimum atomic E-state index is -0.881. The van der Waals surface area contributed by atoms with Crippen LogP contribution in [-0.2, 0) is 16.0 Å². The maximum absolute atomic E-state index is 12.8. The summed E-state index contributed by atoms with van der Waals surface area (Å²) in [7, 11) is 0. The van der Waals surface area contributed by atoms with E-state index in [1.165, 1.54) is 0 Å². The Hall–Kier alpha value is -2.53. The van der Waals surface area contributed by atoms with Gasteiger partial charge in [0.2, 0.25) is 5.91 Å². The molecule has 0 aliphatic carbocycles. The number of rotatable bonds is 7. The number of hydrogen-bond acceptors (Lipinski definition) is 4. The van der Waals surface area contributed by atoms with Crippen LogP contribution in [-0.4, -0.2) is 35.6 Å². The second-order valence-electron chi connectivity index (χ2n) is 6.10. The molecule has 0 bridgehead atoms. The van der Waals surface area contributed by atoms with E-state index >= 15 is 0 Å². The summed E-state index contributed by atoms with van der Waals surface area (Å²) in [6, 6.07) is 8.35. The number of cyclic esters (lactones) is 1. The van der Waals surface area contributed by atoms with E-state index in [0.717, 1.165) is 16.9 Å². The topological polar surface area (TPSA) is 95.4 Å². The van der Waals surface area contributed by atoms with Crippen molar-refractivity contribution < 1.29 is 14.3 Å². The van der Waals surface area contributed by atoms with Crippen molar-refractivity contribution >= 4 is 12.0 Å². The second kappa shape index (κ2) is 8.36. The third-order valence-electron chi connectivity index (χ3n) is 4.31. The molecule has 1 aliphatic heterocycles. The van der Waals surface area contributed by atoms with Crippen molar-refractivity contribution in [1.29, 1.82) is 0 Å². The highest BCUT2D eigenvalue weighted by Crippen LogP contribution is 2.22. The van der Waals surface area contributed by atoms with E-state index in [-0.39, 0.29) is 18.6 Å². The van der Waals surface area contributed by atoms with E-state index in [1.54, 1.807) is 0 Å². The first-order valence-electron chi connectivity index (χ1n) is 8.14. The minimum absolute atomic E-state index is 0.159. The molecule has 0 N–H and O–H groups in total. The Morgan fingerprint density at radius 2 is 2.17 bits per heavy atom. The van der Waals surface area contributed by atoms with E-state index in [1.807, 2.05) is 44.2 Å². The molecule has 0 saturated carbocycles. The van der Waals surface area contributed by atoms with Gasteiger partial charge in [-0.05, 0) is 29.9 Å². The largest absolute Gasteiger partial charge is 0.447 e. The molecule has 7 nitrogen and oxygen atoms in total. The van der Waals surface area contributed by atoms with Gasteiger partial charge in [0.25, 0.3) is 0 Å². The van der Waals surface area contributed by atoms with Crippen LogP contribution in [0.3, 0.4) is 0 Å². The number of ether oxygens (including phenoxy) is 1. The second-order valence-corrected chi connectivity index (χ2v) is 6.10. The Bertz CT molecular complexity index is 628. The summed E-state index contributed by atoms with van der Waals surface area (Å²) in [6.45, 7) is 4.15. The molecule has 2 amide bonds. The first-order chi connectivity index (χ1) is 11.6. The Labute approximate surface area is 141 Å². The van der Waals surface area contributed by atoms with Gasteiger partial charge in [0, 0.05) is 4.91 Å². The first kappa shape index (κ1) is 17.8. The predicted molar refractivity (Wildman–Crippen MR) is 89.1 cm³/mol. The molecule has 7 heteroatoms. The number of amides is 2. The highest BCUT2D eigenvalue weighted by Gasteiger charge is 2.40. The van der Waals surface area contributed by atoms with Gasteiger partial charge in [-0.25, -0.2) is 9.69 Å². The van der Waals surface area contributed by atoms with Crippen LogP contribution in [0, 0.1) is 5.92 Å². The van der Waals surface area contributed by atoms with Gasteiger partial charge in [-0.3, -0.25) is 4.79 Å². The molecule has 24 heavy (non-hydrogen) atoms. The van der Waals surface area contributed by atoms with E-state index in [4.69, 9.17) is 10.3 Å². The lowest BCUT2D eigenvalue weighted by Gasteiger charge is -2.24. The number of hydrogen-bond donors (Lipinski definition) is 0. The van der Waals surface area contributed by atoms with Gasteiger partial charge in [0.1, 0.15) is 12.6 Å². The fraction of sp³-hybridized carbons (Fsp3) is 0.529. The normalized spacial score (nSPS) is 19.3. The molecule has 1 saturated heterocycles. The molecule has 3 atom stereocenters. The molecule has 128 valence electrons. The monoisotopic (exact) mass is 330 g/mol. The number of nitrogens with zero attached hydrogens (tertiary/aromatic N) is 4. The van der Waals surface area contributed by atoms with Gasteiger partial charge in [-0.15, -0.1) is 0 Å². The van der Waals surface area contributed by atoms with Crippen LogP contribution in [0.15, 0.2) is 35.4 Å². The molecule has 1 unspecified atom stereocenters. The van der Waals surface area contributed by atoms with Crippen molar-refractivity contribution in [3.63, 3.8) is 0 Å². The third-order valence-corrected chi connectivity index (χ3v) is 4.31. The zero-order valence-corrected chi connectivity index (χ0v) is 14.0. The van der Waals surface area contributed by atoms with Crippen LogP contribution in [0.25, 0.3) is 10.4 Å². The smallest absolute Gasteiger partial charge is 0.416 e. The number of carbonyl (C=O) groups excluding carboxylic acids is 2. The van der Waals surface area contributed by atoms with Crippen LogP contribution in [0.5, 0.6) is 0 Å². The van der Waals surface area contributed by atoms with Gasteiger partial charge >= 0.3 is 6.09 Å². The lowest BCUT2D eigenvalue weighted by Crippen LogP contribution is -2.45. The lowest BCUT2D eigenvalue weighted by atomic mass is 9.98. The fourth-order valence-electron chi connectivity index (χ4n) is 2.73. The highest BCUT2D eigenvalue weighted by molar-refractivity contribution is 5.96. The van der Waals surface area contributed by atoms with E-state index < -0.39 is 18.0 Å². The molecule has 1 aliphatic rings. The maximum atomic E-state index is 12.8. The van der Waals surface area contributed by atoms with Crippen LogP contribution in [0.1, 0.15) is 32.3 Å². The van der Waals surface area contributed by atoms with Crippen molar-refractivity contribution in [2.24, 2.45) is 11.0 Å². The summed E-state index contributed by atoms with van der Waals surface area (Å²) in [5.74, 6) is -0.257. The van der Waals surface area contributed by atoms with Crippen molar-refractivity contribution in [2.45, 2.75) is 45.2 Å². The van der Waals surface area contributed by atoms with Gasteiger partial charge in [-0.2, -0.15) is 0 Å². The van der Waals surface area contributed by atoms with Crippen LogP contribution < -0.4 is 0 Å². The molecule has 2 rings (SSSR count). The molecule has 0 spiro atoms. The number of imide groups is 1. The van der Waals surface area contributed by atoms with Gasteiger partial charge in [0.15, 0.2) is 0 Å². The average molecular weight is 330 g/mol. The first-order valence-corrected chi connectivity index (χ1v) is 8.14. The third kappa shape index (κ3) is 4.26. The molecular weight excluding hydrogens is 308 g/mol. The van der Waals surface area contributed by atoms with Gasteiger partial charge < -0.3 is 4.74 Å². The molecule has 1 fully saturated rings. The minimum Gasteiger partial charge on any atom is -0.447 e. The van der Waals surface area contributed by atoms with E-state index in [2.05, 4.69) is 10.0 Å². The maximum Gasteiger partial charge on any atom is 0.416 e. The van der Waals surface area contributed by atoms with Crippen molar-refractivity contribution in [3.8, 4) is 0 Å². The number of carbonyl (C=O) groups is 2. The molecule has 1 aromatic rings. The van der Waals surface area contributed by atoms with Crippen molar-refractivity contribution in [1.82, 2.24) is 4.90 Å². The Kier molecular flexibility index (Phi) is 6.21. The average Bonchev–Trinajstić information content (AvgIpc) is 2.95. The summed E-state index contributed by atoms with van der Waals surface area (Å²) < 4.78 is 5.06. The van der Waals surface area contributed by atoms with Crippen LogP contribution >= 0.6 is 0 Å².